The second-order valence-electron chi connectivity index (χ2n) is 13.2. The van der Waals surface area contributed by atoms with E-state index in [9.17, 15) is 19.5 Å². The number of hydrogen-bond acceptors (Lipinski definition) is 5. The lowest BCUT2D eigenvalue weighted by Gasteiger charge is -2.45. The van der Waals surface area contributed by atoms with E-state index in [0.29, 0.717) is 13.1 Å². The Morgan fingerprint density at radius 3 is 2.33 bits per heavy atom. The molecule has 0 radical (unpaired) electrons. The van der Waals surface area contributed by atoms with Crippen molar-refractivity contribution in [3.05, 3.63) is 54.6 Å². The van der Waals surface area contributed by atoms with Gasteiger partial charge in [-0.15, -0.1) is 11.8 Å². The summed E-state index contributed by atoms with van der Waals surface area (Å²) in [5.74, 6) is -1.71. The van der Waals surface area contributed by atoms with E-state index in [2.05, 4.69) is 40.7 Å². The van der Waals surface area contributed by atoms with Crippen molar-refractivity contribution >= 4 is 35.2 Å². The Morgan fingerprint density at radius 1 is 1.00 bits per heavy atom. The molecule has 4 heterocycles. The highest BCUT2D eigenvalue weighted by Crippen LogP contribution is 2.61. The molecule has 4 aliphatic heterocycles. The summed E-state index contributed by atoms with van der Waals surface area (Å²) in [5, 5.41) is 9.97. The standard InChI is InChI=1S/C31H41N3O4S/c1-20(18-35)34-25-28(38)33(30(5,6)19-29(2,3)4)17-11-15-31(25)24(27(34)37)23-22(39-31)14-10-16-32(26(23)36)21-12-8-7-9-13-21/h7-15,20,22-25,35H,16-19H2,1-6H3/t20-,22-,23+,24+,25?,31+/m1/s1. The van der Waals surface area contributed by atoms with Gasteiger partial charge in [-0.05, 0) is 44.7 Å². The van der Waals surface area contributed by atoms with Gasteiger partial charge in [-0.25, -0.2) is 0 Å². The van der Waals surface area contributed by atoms with E-state index < -0.39 is 34.2 Å². The molecule has 4 aliphatic rings. The Hall–Kier alpha value is -2.58. The second-order valence-corrected chi connectivity index (χ2v) is 14.7. The van der Waals surface area contributed by atoms with Crippen LogP contribution in [-0.2, 0) is 14.4 Å². The van der Waals surface area contributed by atoms with Gasteiger partial charge in [0.05, 0.1) is 29.2 Å². The predicted molar refractivity (Wildman–Crippen MR) is 155 cm³/mol. The number of carbonyl (C=O) groups is 3. The fourth-order valence-corrected chi connectivity index (χ4v) is 9.41. The minimum atomic E-state index is -0.890. The third-order valence-electron chi connectivity index (χ3n) is 8.60. The molecule has 0 aromatic heterocycles. The number of likely N-dealkylation sites (tertiary alicyclic amines) is 1. The van der Waals surface area contributed by atoms with E-state index in [1.165, 1.54) is 0 Å². The Kier molecular flexibility index (Phi) is 7.03. The molecule has 1 aromatic carbocycles. The zero-order valence-corrected chi connectivity index (χ0v) is 24.6. The number of aliphatic hydroxyl groups is 1. The maximum atomic E-state index is 14.6. The first-order valence-corrected chi connectivity index (χ1v) is 14.8. The molecule has 1 unspecified atom stereocenters. The van der Waals surface area contributed by atoms with Gasteiger partial charge in [-0.2, -0.15) is 0 Å². The van der Waals surface area contributed by atoms with Gasteiger partial charge in [-0.1, -0.05) is 63.3 Å². The topological polar surface area (TPSA) is 81.2 Å². The average Bonchev–Trinajstić information content (AvgIpc) is 3.18. The first-order valence-electron chi connectivity index (χ1n) is 14.0. The van der Waals surface area contributed by atoms with Crippen LogP contribution in [0.3, 0.4) is 0 Å². The molecule has 210 valence electrons. The predicted octanol–water partition coefficient (Wildman–Crippen LogP) is 3.88. The van der Waals surface area contributed by atoms with Crippen molar-refractivity contribution in [3.63, 3.8) is 0 Å². The molecule has 3 amide bonds. The number of nitrogens with zero attached hydrogens (tertiary/aromatic N) is 3. The molecular formula is C31H41N3O4S. The van der Waals surface area contributed by atoms with Gasteiger partial charge < -0.3 is 19.8 Å². The molecular weight excluding hydrogens is 510 g/mol. The van der Waals surface area contributed by atoms with Crippen LogP contribution in [0.1, 0.15) is 48.0 Å². The summed E-state index contributed by atoms with van der Waals surface area (Å²) in [6, 6.07) is 8.20. The summed E-state index contributed by atoms with van der Waals surface area (Å²) in [6.45, 7) is 13.1. The molecule has 0 bridgehead atoms. The number of anilines is 1. The van der Waals surface area contributed by atoms with Crippen LogP contribution in [0, 0.1) is 17.3 Å². The summed E-state index contributed by atoms with van der Waals surface area (Å²) in [5.41, 5.74) is 0.342. The Morgan fingerprint density at radius 2 is 1.69 bits per heavy atom. The van der Waals surface area contributed by atoms with Crippen molar-refractivity contribution in [2.45, 2.75) is 75.6 Å². The van der Waals surface area contributed by atoms with Crippen LogP contribution in [-0.4, -0.2) is 79.9 Å². The van der Waals surface area contributed by atoms with E-state index in [-0.39, 0.29) is 35.0 Å². The largest absolute Gasteiger partial charge is 0.394 e. The molecule has 39 heavy (non-hydrogen) atoms. The van der Waals surface area contributed by atoms with E-state index >= 15 is 0 Å². The number of carbonyl (C=O) groups excluding carboxylic acids is 3. The van der Waals surface area contributed by atoms with Gasteiger partial charge in [0, 0.05) is 29.6 Å². The van der Waals surface area contributed by atoms with Crippen LogP contribution < -0.4 is 4.90 Å². The zero-order valence-electron chi connectivity index (χ0n) is 23.8. The highest BCUT2D eigenvalue weighted by Gasteiger charge is 2.72. The Labute approximate surface area is 236 Å². The fraction of sp³-hybridized carbons (Fsp3) is 0.581. The first kappa shape index (κ1) is 28.0. The molecule has 0 saturated carbocycles. The van der Waals surface area contributed by atoms with Gasteiger partial charge in [0.1, 0.15) is 6.04 Å². The summed E-state index contributed by atoms with van der Waals surface area (Å²) in [6.07, 6.45) is 8.92. The van der Waals surface area contributed by atoms with Gasteiger partial charge in [0.25, 0.3) is 0 Å². The third kappa shape index (κ3) is 4.53. The second kappa shape index (κ2) is 9.81. The summed E-state index contributed by atoms with van der Waals surface area (Å²) in [7, 11) is 0. The van der Waals surface area contributed by atoms with E-state index in [1.54, 1.807) is 28.5 Å². The van der Waals surface area contributed by atoms with E-state index in [0.717, 1.165) is 12.1 Å². The van der Waals surface area contributed by atoms with Crippen molar-refractivity contribution in [3.8, 4) is 0 Å². The number of thioether (sulfide) groups is 1. The summed E-state index contributed by atoms with van der Waals surface area (Å²) < 4.78 is -0.890. The molecule has 8 heteroatoms. The van der Waals surface area contributed by atoms with Crippen molar-refractivity contribution in [2.24, 2.45) is 17.3 Å². The summed E-state index contributed by atoms with van der Waals surface area (Å²) >= 11 is 1.58. The van der Waals surface area contributed by atoms with Crippen molar-refractivity contribution in [1.29, 1.82) is 0 Å². The molecule has 2 saturated heterocycles. The van der Waals surface area contributed by atoms with Crippen LogP contribution >= 0.6 is 11.8 Å². The van der Waals surface area contributed by atoms with E-state index in [4.69, 9.17) is 0 Å². The molecule has 1 N–H and O–H groups in total. The van der Waals surface area contributed by atoms with Gasteiger partial charge >= 0.3 is 0 Å². The van der Waals surface area contributed by atoms with Crippen LogP contribution in [0.2, 0.25) is 0 Å². The molecule has 6 atom stereocenters. The van der Waals surface area contributed by atoms with E-state index in [1.807, 2.05) is 53.5 Å². The monoisotopic (exact) mass is 551 g/mol. The number of hydrogen-bond donors (Lipinski definition) is 1. The lowest BCUT2D eigenvalue weighted by atomic mass is 9.77. The smallest absolute Gasteiger partial charge is 0.247 e. The highest BCUT2D eigenvalue weighted by atomic mass is 32.2. The minimum absolute atomic E-state index is 0.00297. The third-order valence-corrected chi connectivity index (χ3v) is 10.3. The SMILES string of the molecule is C[C@H](CO)N1C(=O)[C@@H]2[C@H]3C(=O)N(c4ccccc4)CC=C[C@H]3S[C@@]23C=CCN(C(C)(C)CC(C)(C)C)C(=O)C13. The normalized spacial score (nSPS) is 31.7. The maximum absolute atomic E-state index is 14.6. The quantitative estimate of drug-likeness (QED) is 0.562. The number of amides is 3. The number of para-hydroxylation sites is 1. The van der Waals surface area contributed by atoms with Crippen LogP contribution in [0.25, 0.3) is 0 Å². The Balaban J connectivity index is 1.60. The Bertz CT molecular complexity index is 1210. The average molecular weight is 552 g/mol. The molecule has 2 fully saturated rings. The van der Waals surface area contributed by atoms with Gasteiger partial charge in [0.15, 0.2) is 0 Å². The van der Waals surface area contributed by atoms with Crippen molar-refractivity contribution in [2.75, 3.05) is 24.6 Å². The van der Waals surface area contributed by atoms with Crippen molar-refractivity contribution in [1.82, 2.24) is 9.80 Å². The lowest BCUT2D eigenvalue weighted by molar-refractivity contribution is -0.148. The fourth-order valence-electron chi connectivity index (χ4n) is 7.42. The number of aliphatic hydroxyl groups excluding tert-OH is 1. The zero-order chi connectivity index (χ0) is 28.3. The summed E-state index contributed by atoms with van der Waals surface area (Å²) in [4.78, 5) is 48.4. The number of benzene rings is 1. The van der Waals surface area contributed by atoms with Gasteiger partial charge in [-0.3, -0.25) is 14.4 Å². The molecule has 1 spiro atoms. The van der Waals surface area contributed by atoms with Crippen LogP contribution in [0.5, 0.6) is 0 Å². The number of fused-ring (bicyclic) bond motifs is 2. The lowest BCUT2D eigenvalue weighted by Crippen LogP contribution is -2.60. The van der Waals surface area contributed by atoms with Crippen LogP contribution in [0.15, 0.2) is 54.6 Å². The van der Waals surface area contributed by atoms with Crippen LogP contribution in [0.4, 0.5) is 5.69 Å². The van der Waals surface area contributed by atoms with Gasteiger partial charge in [0.2, 0.25) is 17.7 Å². The molecule has 0 aliphatic carbocycles. The number of rotatable bonds is 5. The highest BCUT2D eigenvalue weighted by molar-refractivity contribution is 8.02. The maximum Gasteiger partial charge on any atom is 0.247 e. The molecule has 5 rings (SSSR count). The first-order chi connectivity index (χ1) is 18.3. The molecule has 1 aromatic rings. The molecule has 7 nitrogen and oxygen atoms in total. The van der Waals surface area contributed by atoms with Crippen molar-refractivity contribution < 1.29 is 19.5 Å². The minimum Gasteiger partial charge on any atom is -0.394 e.